The quantitative estimate of drug-likeness (QED) is 0.726. The van der Waals surface area contributed by atoms with E-state index in [2.05, 4.69) is 20.3 Å². The first kappa shape index (κ1) is 9.36. The van der Waals surface area contributed by atoms with Crippen LogP contribution in [0.25, 0.3) is 0 Å². The van der Waals surface area contributed by atoms with Gasteiger partial charge in [0, 0.05) is 43.0 Å². The van der Waals surface area contributed by atoms with Crippen LogP contribution in [0.4, 0.5) is 0 Å². The van der Waals surface area contributed by atoms with E-state index in [0.717, 1.165) is 25.2 Å². The lowest BCUT2D eigenvalue weighted by Gasteiger charge is -2.00. The van der Waals surface area contributed by atoms with Crippen LogP contribution >= 0.6 is 11.3 Å². The van der Waals surface area contributed by atoms with E-state index in [4.69, 9.17) is 0 Å². The molecule has 0 atom stereocenters. The Morgan fingerprint density at radius 1 is 1.50 bits per heavy atom. The summed E-state index contributed by atoms with van der Waals surface area (Å²) >= 11 is 1.70. The Kier molecular flexibility index (Phi) is 3.26. The second-order valence-corrected chi connectivity index (χ2v) is 3.91. The van der Waals surface area contributed by atoms with Crippen LogP contribution in [0.2, 0.25) is 0 Å². The number of imidazole rings is 1. The Morgan fingerprint density at radius 3 is 3.21 bits per heavy atom. The predicted octanol–water partition coefficient (Wildman–Crippen LogP) is 1.20. The Labute approximate surface area is 86.4 Å². The molecule has 0 fully saturated rings. The zero-order valence-corrected chi connectivity index (χ0v) is 8.55. The van der Waals surface area contributed by atoms with Crippen molar-refractivity contribution < 1.29 is 0 Å². The topological polar surface area (TPSA) is 53.6 Å². The first-order valence-corrected chi connectivity index (χ1v) is 5.39. The van der Waals surface area contributed by atoms with Crippen LogP contribution in [-0.2, 0) is 13.0 Å². The van der Waals surface area contributed by atoms with Crippen molar-refractivity contribution in [1.29, 1.82) is 0 Å². The molecule has 0 amide bonds. The molecule has 0 aliphatic carbocycles. The molecule has 14 heavy (non-hydrogen) atoms. The fourth-order valence-corrected chi connectivity index (χ4v) is 1.80. The highest BCUT2D eigenvalue weighted by Crippen LogP contribution is 2.03. The number of nitrogens with zero attached hydrogens (tertiary/aromatic N) is 2. The van der Waals surface area contributed by atoms with Gasteiger partial charge in [-0.05, 0) is 0 Å². The van der Waals surface area contributed by atoms with Gasteiger partial charge in [-0.25, -0.2) is 9.97 Å². The van der Waals surface area contributed by atoms with Crippen molar-refractivity contribution in [2.24, 2.45) is 0 Å². The number of rotatable bonds is 5. The van der Waals surface area contributed by atoms with Gasteiger partial charge >= 0.3 is 0 Å². The van der Waals surface area contributed by atoms with Crippen LogP contribution < -0.4 is 5.32 Å². The third-order valence-electron chi connectivity index (χ3n) is 1.87. The summed E-state index contributed by atoms with van der Waals surface area (Å²) in [7, 11) is 0. The number of nitrogens with one attached hydrogen (secondary N) is 2. The Bertz CT molecular complexity index is 305. The summed E-state index contributed by atoms with van der Waals surface area (Å²) in [6, 6.07) is 0. The highest BCUT2D eigenvalue weighted by molar-refractivity contribution is 7.09. The molecule has 2 N–H and O–H groups in total. The summed E-state index contributed by atoms with van der Waals surface area (Å²) in [5.41, 5.74) is 1.11. The molecule has 2 rings (SSSR count). The molecule has 4 nitrogen and oxygen atoms in total. The fraction of sp³-hybridized carbons (Fsp3) is 0.333. The standard InChI is InChI=1S/C9H12N4S/c1(9-12-3-4-14-9)2-10-5-8-6-11-7-13-8/h3-4,6-7,10H,1-2,5H2,(H,11,13). The largest absolute Gasteiger partial charge is 0.347 e. The van der Waals surface area contributed by atoms with Crippen LogP contribution in [-0.4, -0.2) is 21.5 Å². The molecule has 5 heteroatoms. The van der Waals surface area contributed by atoms with Gasteiger partial charge in [0.1, 0.15) is 0 Å². The molecule has 0 bridgehead atoms. The third kappa shape index (κ3) is 2.65. The summed E-state index contributed by atoms with van der Waals surface area (Å²) in [5, 5.41) is 6.51. The molecule has 0 aliphatic heterocycles. The van der Waals surface area contributed by atoms with Gasteiger partial charge in [-0.2, -0.15) is 0 Å². The van der Waals surface area contributed by atoms with E-state index in [1.54, 1.807) is 17.7 Å². The zero-order chi connectivity index (χ0) is 9.64. The molecule has 0 aromatic carbocycles. The molecule has 2 aromatic rings. The second kappa shape index (κ2) is 4.88. The van der Waals surface area contributed by atoms with E-state index in [0.29, 0.717) is 0 Å². The molecule has 0 spiro atoms. The van der Waals surface area contributed by atoms with Crippen LogP contribution in [0.15, 0.2) is 24.1 Å². The SMILES string of the molecule is c1csc(CCNCc2cnc[nH]2)n1. The van der Waals surface area contributed by atoms with Crippen molar-refractivity contribution in [2.75, 3.05) is 6.54 Å². The molecular weight excluding hydrogens is 196 g/mol. The average Bonchev–Trinajstić information content (AvgIpc) is 2.86. The van der Waals surface area contributed by atoms with Crippen LogP contribution in [0.5, 0.6) is 0 Å². The molecular formula is C9H12N4S. The molecule has 0 saturated carbocycles. The average molecular weight is 208 g/mol. The maximum Gasteiger partial charge on any atom is 0.0937 e. The van der Waals surface area contributed by atoms with Crippen molar-refractivity contribution in [3.8, 4) is 0 Å². The minimum absolute atomic E-state index is 0.839. The van der Waals surface area contributed by atoms with Crippen LogP contribution in [0.3, 0.4) is 0 Å². The van der Waals surface area contributed by atoms with Gasteiger partial charge in [0.2, 0.25) is 0 Å². The highest BCUT2D eigenvalue weighted by Gasteiger charge is 1.95. The number of hydrogen-bond donors (Lipinski definition) is 2. The number of aromatic nitrogens is 3. The highest BCUT2D eigenvalue weighted by atomic mass is 32.1. The molecule has 2 heterocycles. The van der Waals surface area contributed by atoms with Crippen molar-refractivity contribution in [3.05, 3.63) is 34.8 Å². The van der Waals surface area contributed by atoms with E-state index in [1.807, 2.05) is 17.8 Å². The summed E-state index contributed by atoms with van der Waals surface area (Å²) < 4.78 is 0. The van der Waals surface area contributed by atoms with E-state index < -0.39 is 0 Å². The van der Waals surface area contributed by atoms with Gasteiger partial charge in [-0.3, -0.25) is 0 Å². The monoisotopic (exact) mass is 208 g/mol. The first-order chi connectivity index (χ1) is 6.95. The Balaban J connectivity index is 1.65. The normalized spacial score (nSPS) is 10.6. The Hall–Kier alpha value is -1.20. The molecule has 0 unspecified atom stereocenters. The molecule has 2 aromatic heterocycles. The van der Waals surface area contributed by atoms with E-state index in [-0.39, 0.29) is 0 Å². The number of thiazole rings is 1. The lowest BCUT2D eigenvalue weighted by atomic mass is 10.4. The van der Waals surface area contributed by atoms with Crippen molar-refractivity contribution in [3.63, 3.8) is 0 Å². The van der Waals surface area contributed by atoms with E-state index >= 15 is 0 Å². The van der Waals surface area contributed by atoms with Crippen LogP contribution in [0, 0.1) is 0 Å². The molecule has 74 valence electrons. The third-order valence-corrected chi connectivity index (χ3v) is 2.71. The van der Waals surface area contributed by atoms with Crippen molar-refractivity contribution in [2.45, 2.75) is 13.0 Å². The first-order valence-electron chi connectivity index (χ1n) is 4.51. The van der Waals surface area contributed by atoms with Gasteiger partial charge in [-0.15, -0.1) is 11.3 Å². The van der Waals surface area contributed by atoms with E-state index in [1.165, 1.54) is 5.01 Å². The van der Waals surface area contributed by atoms with E-state index in [9.17, 15) is 0 Å². The lowest BCUT2D eigenvalue weighted by molar-refractivity contribution is 0.675. The summed E-state index contributed by atoms with van der Waals surface area (Å²) in [6.45, 7) is 1.79. The predicted molar refractivity (Wildman–Crippen MR) is 56.1 cm³/mol. The van der Waals surface area contributed by atoms with Crippen LogP contribution in [0.1, 0.15) is 10.7 Å². The minimum atomic E-state index is 0.839. The van der Waals surface area contributed by atoms with Gasteiger partial charge in [-0.1, -0.05) is 0 Å². The van der Waals surface area contributed by atoms with Gasteiger partial charge < -0.3 is 10.3 Å². The summed E-state index contributed by atoms with van der Waals surface area (Å²) in [4.78, 5) is 11.2. The Morgan fingerprint density at radius 2 is 2.50 bits per heavy atom. The molecule has 0 saturated heterocycles. The van der Waals surface area contributed by atoms with Crippen molar-refractivity contribution >= 4 is 11.3 Å². The minimum Gasteiger partial charge on any atom is -0.347 e. The fourth-order valence-electron chi connectivity index (χ4n) is 1.18. The number of hydrogen-bond acceptors (Lipinski definition) is 4. The van der Waals surface area contributed by atoms with Gasteiger partial charge in [0.05, 0.1) is 11.3 Å². The maximum absolute atomic E-state index is 4.21. The van der Waals surface area contributed by atoms with Crippen molar-refractivity contribution in [1.82, 2.24) is 20.3 Å². The second-order valence-electron chi connectivity index (χ2n) is 2.93. The maximum atomic E-state index is 4.21. The van der Waals surface area contributed by atoms with Gasteiger partial charge in [0.25, 0.3) is 0 Å². The number of aromatic amines is 1. The molecule has 0 radical (unpaired) electrons. The number of H-pyrrole nitrogens is 1. The lowest BCUT2D eigenvalue weighted by Crippen LogP contribution is -2.16. The summed E-state index contributed by atoms with van der Waals surface area (Å²) in [5.74, 6) is 0. The summed E-state index contributed by atoms with van der Waals surface area (Å²) in [6.07, 6.45) is 6.36. The smallest absolute Gasteiger partial charge is 0.0937 e. The molecule has 0 aliphatic rings. The zero-order valence-electron chi connectivity index (χ0n) is 7.73. The van der Waals surface area contributed by atoms with Gasteiger partial charge in [0.15, 0.2) is 0 Å².